The van der Waals surface area contributed by atoms with Crippen LogP contribution in [0.25, 0.3) is 0 Å². The van der Waals surface area contributed by atoms with Crippen LogP contribution in [0, 0.1) is 24.7 Å². The lowest BCUT2D eigenvalue weighted by Crippen LogP contribution is -2.59. The maximum absolute atomic E-state index is 13.9. The first-order chi connectivity index (χ1) is 22.9. The van der Waals surface area contributed by atoms with Crippen molar-refractivity contribution in [1.29, 1.82) is 0 Å². The molecule has 2 aromatic rings. The minimum atomic E-state index is -0.354. The number of thioether (sulfide) groups is 1. The molecule has 8 nitrogen and oxygen atoms in total. The Hall–Kier alpha value is -2.88. The quantitative estimate of drug-likeness (QED) is 0.118. The average molecular weight is 679 g/mol. The number of nitrogens with one attached hydrogen (secondary N) is 2. The smallest absolute Gasteiger partial charge is 0.251 e. The number of Topliss-reactive ketones (excluding diaryl/α,β-unsaturated/α-hetero) is 1. The number of aromatic hydroxyl groups is 1. The highest BCUT2D eigenvalue weighted by Gasteiger charge is 2.42. The lowest BCUT2D eigenvalue weighted by atomic mass is 9.72. The zero-order valence-corrected chi connectivity index (χ0v) is 30.3. The van der Waals surface area contributed by atoms with Crippen molar-refractivity contribution in [3.8, 4) is 5.75 Å². The number of carbonyl (C=O) groups excluding carboxylic acids is 3. The van der Waals surface area contributed by atoms with Crippen molar-refractivity contribution in [3.05, 3.63) is 59.7 Å². The molecule has 48 heavy (non-hydrogen) atoms. The predicted molar refractivity (Wildman–Crippen MR) is 195 cm³/mol. The number of benzene rings is 2. The van der Waals surface area contributed by atoms with Gasteiger partial charge in [0.05, 0.1) is 6.04 Å². The minimum absolute atomic E-state index is 0.0491. The second-order valence-electron chi connectivity index (χ2n) is 15.0. The summed E-state index contributed by atoms with van der Waals surface area (Å²) in [6.07, 6.45) is 9.00. The van der Waals surface area contributed by atoms with Crippen LogP contribution in [-0.2, 0) is 9.59 Å². The number of carbonyl (C=O) groups is 3. The number of fused-ring (bicyclic) bond motifs is 1. The molecule has 264 valence electrons. The van der Waals surface area contributed by atoms with E-state index in [1.165, 1.54) is 19.3 Å². The molecule has 5 atom stereocenters. The van der Waals surface area contributed by atoms with Gasteiger partial charge in [-0.1, -0.05) is 49.9 Å². The van der Waals surface area contributed by atoms with Gasteiger partial charge in [0.25, 0.3) is 5.91 Å². The van der Waals surface area contributed by atoms with Crippen molar-refractivity contribution < 1.29 is 19.5 Å². The summed E-state index contributed by atoms with van der Waals surface area (Å²) in [6, 6.07) is 14.5. The van der Waals surface area contributed by atoms with E-state index in [4.69, 9.17) is 5.73 Å². The van der Waals surface area contributed by atoms with Gasteiger partial charge in [-0.3, -0.25) is 19.3 Å². The second kappa shape index (κ2) is 18.2. The van der Waals surface area contributed by atoms with Gasteiger partial charge in [0.1, 0.15) is 11.5 Å². The highest BCUT2D eigenvalue weighted by Crippen LogP contribution is 2.39. The molecule has 4 rings (SSSR count). The van der Waals surface area contributed by atoms with Crippen LogP contribution in [0.3, 0.4) is 0 Å². The van der Waals surface area contributed by atoms with Crippen molar-refractivity contribution in [1.82, 2.24) is 15.5 Å². The van der Waals surface area contributed by atoms with Crippen LogP contribution in [-0.4, -0.2) is 70.6 Å². The maximum Gasteiger partial charge on any atom is 0.251 e. The summed E-state index contributed by atoms with van der Waals surface area (Å²) in [5.41, 5.74) is 6.29. The molecule has 0 spiro atoms. The fourth-order valence-electron chi connectivity index (χ4n) is 7.41. The molecule has 2 aliphatic rings. The Morgan fingerprint density at radius 1 is 1.00 bits per heavy atom. The van der Waals surface area contributed by atoms with Gasteiger partial charge in [-0.05, 0) is 102 Å². The van der Waals surface area contributed by atoms with Crippen LogP contribution in [0.5, 0.6) is 5.75 Å². The SMILES string of the molecule is Cc1c(O)cccc1C(=O)N[C@@H](CSc1ccccc1)[C@H](CC(=O)CCCCCN)CN1C[C@H]2CCCCC2C[C@H]1C(=O)NC(C)(C)C. The number of nitrogens with two attached hydrogens (primary N) is 1. The van der Waals surface area contributed by atoms with E-state index in [2.05, 4.69) is 27.7 Å². The molecule has 1 saturated heterocycles. The first kappa shape index (κ1) is 37.9. The van der Waals surface area contributed by atoms with Crippen LogP contribution < -0.4 is 16.4 Å². The Morgan fingerprint density at radius 3 is 2.44 bits per heavy atom. The summed E-state index contributed by atoms with van der Waals surface area (Å²) in [5.74, 6) is 1.46. The van der Waals surface area contributed by atoms with Gasteiger partial charge in [0.2, 0.25) is 5.91 Å². The number of unbranched alkanes of at least 4 members (excludes halogenated alkanes) is 2. The molecule has 2 fully saturated rings. The number of ketones is 1. The van der Waals surface area contributed by atoms with E-state index in [0.29, 0.717) is 54.6 Å². The van der Waals surface area contributed by atoms with Gasteiger partial charge >= 0.3 is 0 Å². The van der Waals surface area contributed by atoms with Crippen LogP contribution in [0.1, 0.15) is 101 Å². The first-order valence-electron chi connectivity index (χ1n) is 18.0. The molecule has 0 bridgehead atoms. The molecule has 1 unspecified atom stereocenters. The first-order valence-corrected chi connectivity index (χ1v) is 19.0. The Morgan fingerprint density at radius 2 is 1.73 bits per heavy atom. The third kappa shape index (κ3) is 11.3. The molecule has 2 aromatic carbocycles. The summed E-state index contributed by atoms with van der Waals surface area (Å²) in [5, 5.41) is 16.9. The topological polar surface area (TPSA) is 125 Å². The van der Waals surface area contributed by atoms with Crippen molar-refractivity contribution in [3.63, 3.8) is 0 Å². The monoisotopic (exact) mass is 678 g/mol. The summed E-state index contributed by atoms with van der Waals surface area (Å²) in [6.45, 7) is 9.78. The third-order valence-corrected chi connectivity index (χ3v) is 11.2. The fraction of sp³-hybridized carbons (Fsp3) is 0.615. The standard InChI is InChI=1S/C39H58N4O4S/c1-27-33(19-13-20-36(27)45)37(46)41-34(26-48-32-17-8-5-9-18-32)30(22-31(44)16-7-6-12-21-40)25-43-24-29-15-11-10-14-28(29)23-35(43)38(47)42-39(2,3)4/h5,8-9,13,17-20,28-30,34-35,45H,6-7,10-12,14-16,21-26,40H2,1-4H3,(H,41,46)(H,42,47)/t28?,29-,30-,34+,35+/m1/s1. The van der Waals surface area contributed by atoms with Crippen LogP contribution in [0.2, 0.25) is 0 Å². The van der Waals surface area contributed by atoms with Gasteiger partial charge in [-0.25, -0.2) is 0 Å². The molecule has 0 aromatic heterocycles. The predicted octanol–water partition coefficient (Wildman–Crippen LogP) is 6.48. The highest BCUT2D eigenvalue weighted by molar-refractivity contribution is 7.99. The number of piperidine rings is 1. The van der Waals surface area contributed by atoms with Crippen LogP contribution in [0.15, 0.2) is 53.4 Å². The summed E-state index contributed by atoms with van der Waals surface area (Å²) in [7, 11) is 0. The molecular formula is C39H58N4O4S. The zero-order valence-electron chi connectivity index (χ0n) is 29.5. The van der Waals surface area contributed by atoms with Crippen molar-refractivity contribution in [2.24, 2.45) is 23.5 Å². The molecule has 1 heterocycles. The molecule has 1 aliphatic carbocycles. The summed E-state index contributed by atoms with van der Waals surface area (Å²) in [4.78, 5) is 44.8. The molecular weight excluding hydrogens is 621 g/mol. The summed E-state index contributed by atoms with van der Waals surface area (Å²) < 4.78 is 0. The lowest BCUT2D eigenvalue weighted by Gasteiger charge is -2.47. The van der Waals surface area contributed by atoms with E-state index < -0.39 is 0 Å². The Kier molecular flexibility index (Phi) is 14.4. The number of nitrogens with zero attached hydrogens (tertiary/aromatic N) is 1. The molecule has 0 radical (unpaired) electrons. The number of phenolic OH excluding ortho intramolecular Hbond substituents is 1. The summed E-state index contributed by atoms with van der Waals surface area (Å²) >= 11 is 1.66. The number of hydrogen-bond acceptors (Lipinski definition) is 7. The number of amides is 2. The van der Waals surface area contributed by atoms with Gasteiger partial charge in [0, 0.05) is 59.3 Å². The molecule has 1 aliphatic heterocycles. The van der Waals surface area contributed by atoms with E-state index in [1.807, 2.05) is 39.0 Å². The normalized spacial score (nSPS) is 21.1. The van der Waals surface area contributed by atoms with Crippen LogP contribution in [0.4, 0.5) is 0 Å². The minimum Gasteiger partial charge on any atom is -0.508 e. The van der Waals surface area contributed by atoms with E-state index >= 15 is 0 Å². The number of phenols is 1. The molecule has 5 N–H and O–H groups in total. The van der Waals surface area contributed by atoms with E-state index in [0.717, 1.165) is 43.5 Å². The number of hydrogen-bond donors (Lipinski definition) is 4. The Balaban J connectivity index is 1.66. The Labute approximate surface area is 292 Å². The largest absolute Gasteiger partial charge is 0.508 e. The third-order valence-electron chi connectivity index (χ3n) is 10.0. The molecule has 9 heteroatoms. The number of rotatable bonds is 16. The van der Waals surface area contributed by atoms with Crippen molar-refractivity contribution >= 4 is 29.4 Å². The van der Waals surface area contributed by atoms with Gasteiger partial charge in [0.15, 0.2) is 0 Å². The van der Waals surface area contributed by atoms with Gasteiger partial charge in [-0.15, -0.1) is 11.8 Å². The van der Waals surface area contributed by atoms with E-state index in [1.54, 1.807) is 36.9 Å². The molecule has 1 saturated carbocycles. The highest BCUT2D eigenvalue weighted by atomic mass is 32.2. The fourth-order valence-corrected chi connectivity index (χ4v) is 8.49. The van der Waals surface area contributed by atoms with Crippen molar-refractivity contribution in [2.45, 2.75) is 114 Å². The molecule has 2 amide bonds. The second-order valence-corrected chi connectivity index (χ2v) is 16.1. The van der Waals surface area contributed by atoms with Gasteiger partial charge in [-0.2, -0.15) is 0 Å². The van der Waals surface area contributed by atoms with Gasteiger partial charge < -0.3 is 21.5 Å². The zero-order chi connectivity index (χ0) is 34.7. The average Bonchev–Trinajstić information content (AvgIpc) is 3.05. The van der Waals surface area contributed by atoms with Crippen LogP contribution >= 0.6 is 11.8 Å². The maximum atomic E-state index is 13.9. The Bertz CT molecular complexity index is 1350. The van der Waals surface area contributed by atoms with E-state index in [9.17, 15) is 19.5 Å². The van der Waals surface area contributed by atoms with Crippen molar-refractivity contribution in [2.75, 3.05) is 25.4 Å². The lowest BCUT2D eigenvalue weighted by molar-refractivity contribution is -0.132. The van der Waals surface area contributed by atoms with E-state index in [-0.39, 0.29) is 46.9 Å². The number of likely N-dealkylation sites (tertiary alicyclic amines) is 1.